The molecule has 0 N–H and O–H groups in total. The Morgan fingerprint density at radius 3 is 3.18 bits per heavy atom. The van der Waals surface area contributed by atoms with Gasteiger partial charge in [0.25, 0.3) is 0 Å². The van der Waals surface area contributed by atoms with E-state index in [2.05, 4.69) is 16.0 Å². The second kappa shape index (κ2) is 2.27. The zero-order valence-corrected chi connectivity index (χ0v) is 5.58. The van der Waals surface area contributed by atoms with Gasteiger partial charge in [0.2, 0.25) is 5.95 Å². The van der Waals surface area contributed by atoms with Gasteiger partial charge < -0.3 is 0 Å². The Morgan fingerprint density at radius 2 is 2.27 bits per heavy atom. The van der Waals surface area contributed by atoms with Crippen LogP contribution >= 0.6 is 0 Å². The second-order valence-electron chi connectivity index (χ2n) is 2.12. The normalized spacial score (nSPS) is 10.3. The molecule has 0 aliphatic heterocycles. The average molecular weight is 147 g/mol. The van der Waals surface area contributed by atoms with Crippen molar-refractivity contribution in [1.82, 2.24) is 9.97 Å². The lowest BCUT2D eigenvalue weighted by Crippen LogP contribution is -1.85. The van der Waals surface area contributed by atoms with Crippen molar-refractivity contribution >= 4 is 11.0 Å². The molecule has 0 aliphatic carbocycles. The van der Waals surface area contributed by atoms with Gasteiger partial charge in [-0.1, -0.05) is 0 Å². The fourth-order valence-electron chi connectivity index (χ4n) is 0.878. The van der Waals surface area contributed by atoms with Gasteiger partial charge in [-0.05, 0) is 18.2 Å². The fraction of sp³-hybridized carbons (Fsp3) is 0. The van der Waals surface area contributed by atoms with E-state index < -0.39 is 5.95 Å². The molecule has 3 heteroatoms. The zero-order valence-electron chi connectivity index (χ0n) is 5.58. The minimum atomic E-state index is -0.504. The van der Waals surface area contributed by atoms with Crippen molar-refractivity contribution in [3.8, 4) is 0 Å². The summed E-state index contributed by atoms with van der Waals surface area (Å²) < 4.78 is 12.5. The Kier molecular flexibility index (Phi) is 1.28. The lowest BCUT2D eigenvalue weighted by molar-refractivity contribution is 0.588. The van der Waals surface area contributed by atoms with Crippen molar-refractivity contribution in [2.45, 2.75) is 0 Å². The van der Waals surface area contributed by atoms with Crippen LogP contribution in [0.1, 0.15) is 0 Å². The minimum absolute atomic E-state index is 0.420. The summed E-state index contributed by atoms with van der Waals surface area (Å²) in [6.45, 7) is 0. The molecule has 0 fully saturated rings. The summed E-state index contributed by atoms with van der Waals surface area (Å²) in [5, 5.41) is 0.800. The van der Waals surface area contributed by atoms with Crippen LogP contribution in [-0.2, 0) is 0 Å². The molecule has 53 valence electrons. The molecule has 0 bridgehead atoms. The van der Waals surface area contributed by atoms with Crippen LogP contribution < -0.4 is 0 Å². The molecule has 0 unspecified atom stereocenters. The molecule has 1 radical (unpaired) electrons. The van der Waals surface area contributed by atoms with Gasteiger partial charge in [-0.3, -0.25) is 0 Å². The van der Waals surface area contributed by atoms with Gasteiger partial charge in [0.1, 0.15) is 0 Å². The summed E-state index contributed by atoms with van der Waals surface area (Å²) in [7, 11) is 0. The lowest BCUT2D eigenvalue weighted by atomic mass is 10.3. The highest BCUT2D eigenvalue weighted by atomic mass is 19.1. The quantitative estimate of drug-likeness (QED) is 0.528. The monoisotopic (exact) mass is 147 g/mol. The highest BCUT2D eigenvalue weighted by Gasteiger charge is 1.95. The van der Waals surface area contributed by atoms with Crippen LogP contribution in [0, 0.1) is 12.0 Å². The molecule has 2 heterocycles. The Hall–Kier alpha value is -1.51. The fourth-order valence-corrected chi connectivity index (χ4v) is 0.878. The molecule has 11 heavy (non-hydrogen) atoms. The molecule has 0 spiro atoms. The summed E-state index contributed by atoms with van der Waals surface area (Å²) in [5.74, 6) is -0.504. The van der Waals surface area contributed by atoms with Gasteiger partial charge in [0.15, 0.2) is 5.65 Å². The smallest absolute Gasteiger partial charge is 0.214 e. The van der Waals surface area contributed by atoms with E-state index in [1.54, 1.807) is 12.1 Å². The Morgan fingerprint density at radius 1 is 1.36 bits per heavy atom. The van der Waals surface area contributed by atoms with Crippen molar-refractivity contribution in [3.63, 3.8) is 0 Å². The van der Waals surface area contributed by atoms with Crippen LogP contribution in [0.5, 0.6) is 0 Å². The molecule has 2 aromatic rings. The highest BCUT2D eigenvalue weighted by molar-refractivity contribution is 5.73. The summed E-state index contributed by atoms with van der Waals surface area (Å²) in [4.78, 5) is 7.41. The number of hydrogen-bond acceptors (Lipinski definition) is 2. The Balaban J connectivity index is 2.83. The first-order valence-electron chi connectivity index (χ1n) is 3.14. The number of aromatic nitrogens is 2. The SMILES string of the molecule is Fc1ccc2c[c]cnc2n1. The van der Waals surface area contributed by atoms with Gasteiger partial charge in [-0.25, -0.2) is 4.98 Å². The molecule has 2 rings (SSSR count). The molecule has 0 aliphatic rings. The molecular weight excluding hydrogens is 143 g/mol. The highest BCUT2D eigenvalue weighted by Crippen LogP contribution is 2.06. The number of rotatable bonds is 0. The first kappa shape index (κ1) is 6.22. The van der Waals surface area contributed by atoms with Gasteiger partial charge in [-0.15, -0.1) is 0 Å². The van der Waals surface area contributed by atoms with Crippen LogP contribution in [0.2, 0.25) is 0 Å². The predicted molar refractivity (Wildman–Crippen MR) is 38.3 cm³/mol. The van der Waals surface area contributed by atoms with E-state index >= 15 is 0 Å². The third kappa shape index (κ3) is 1.05. The van der Waals surface area contributed by atoms with Gasteiger partial charge in [0, 0.05) is 17.6 Å². The van der Waals surface area contributed by atoms with Gasteiger partial charge in [-0.2, -0.15) is 9.37 Å². The lowest BCUT2D eigenvalue weighted by Gasteiger charge is -1.92. The molecule has 0 saturated heterocycles. The summed E-state index contributed by atoms with van der Waals surface area (Å²) in [6, 6.07) is 7.43. The maximum absolute atomic E-state index is 12.5. The maximum Gasteiger partial charge on any atom is 0.214 e. The molecule has 2 nitrogen and oxygen atoms in total. The molecule has 0 saturated carbocycles. The van der Waals surface area contributed by atoms with Crippen molar-refractivity contribution < 1.29 is 4.39 Å². The van der Waals surface area contributed by atoms with Crippen molar-refractivity contribution in [2.75, 3.05) is 0 Å². The number of fused-ring (bicyclic) bond motifs is 1. The van der Waals surface area contributed by atoms with E-state index in [1.807, 2.05) is 0 Å². The zero-order chi connectivity index (χ0) is 7.68. The number of pyridine rings is 2. The van der Waals surface area contributed by atoms with E-state index in [-0.39, 0.29) is 0 Å². The van der Waals surface area contributed by atoms with Gasteiger partial charge in [0.05, 0.1) is 0 Å². The summed E-state index contributed by atoms with van der Waals surface area (Å²) in [5.41, 5.74) is 0.420. The van der Waals surface area contributed by atoms with Crippen LogP contribution in [0.3, 0.4) is 0 Å². The standard InChI is InChI=1S/C8H4FN2/c9-7-4-3-6-2-1-5-10-8(6)11-7/h2-5H. The van der Waals surface area contributed by atoms with E-state index in [4.69, 9.17) is 0 Å². The second-order valence-corrected chi connectivity index (χ2v) is 2.12. The van der Waals surface area contributed by atoms with E-state index in [9.17, 15) is 4.39 Å². The van der Waals surface area contributed by atoms with Crippen LogP contribution in [0.15, 0.2) is 24.4 Å². The Labute approximate surface area is 62.7 Å². The molecule has 0 aromatic carbocycles. The predicted octanol–water partition coefficient (Wildman–Crippen LogP) is 1.57. The topological polar surface area (TPSA) is 25.8 Å². The average Bonchev–Trinajstić information content (AvgIpc) is 2.04. The molecular formula is C8H4FN2. The largest absolute Gasteiger partial charge is 0.236 e. The van der Waals surface area contributed by atoms with E-state index in [1.165, 1.54) is 12.3 Å². The Bertz CT molecular complexity index is 387. The van der Waals surface area contributed by atoms with Crippen LogP contribution in [0.25, 0.3) is 11.0 Å². The number of halogens is 1. The molecule has 2 aromatic heterocycles. The molecule has 0 amide bonds. The first-order chi connectivity index (χ1) is 5.36. The van der Waals surface area contributed by atoms with E-state index in [0.717, 1.165) is 5.39 Å². The van der Waals surface area contributed by atoms with Crippen LogP contribution in [0.4, 0.5) is 4.39 Å². The number of nitrogens with zero attached hydrogens (tertiary/aromatic N) is 2. The van der Waals surface area contributed by atoms with Crippen LogP contribution in [-0.4, -0.2) is 9.97 Å². The minimum Gasteiger partial charge on any atom is -0.236 e. The van der Waals surface area contributed by atoms with Crippen molar-refractivity contribution in [3.05, 3.63) is 36.4 Å². The summed E-state index contributed by atoms with van der Waals surface area (Å²) in [6.07, 6.45) is 1.47. The first-order valence-corrected chi connectivity index (χ1v) is 3.14. The third-order valence-corrected chi connectivity index (χ3v) is 1.37. The van der Waals surface area contributed by atoms with Gasteiger partial charge >= 0.3 is 0 Å². The van der Waals surface area contributed by atoms with E-state index in [0.29, 0.717) is 5.65 Å². The molecule has 0 atom stereocenters. The van der Waals surface area contributed by atoms with Crippen molar-refractivity contribution in [2.24, 2.45) is 0 Å². The maximum atomic E-state index is 12.5. The third-order valence-electron chi connectivity index (χ3n) is 1.37. The number of hydrogen-bond donors (Lipinski definition) is 0. The van der Waals surface area contributed by atoms with Crippen molar-refractivity contribution in [1.29, 1.82) is 0 Å². The summed E-state index contributed by atoms with van der Waals surface area (Å²) >= 11 is 0.